The average Bonchev–Trinajstić information content (AvgIpc) is 2.34. The molecule has 0 atom stereocenters. The van der Waals surface area contributed by atoms with Gasteiger partial charge in [0.2, 0.25) is 0 Å². The molecule has 4 heteroatoms. The Morgan fingerprint density at radius 2 is 1.82 bits per heavy atom. The zero-order valence-electron chi connectivity index (χ0n) is 11.1. The maximum absolute atomic E-state index is 11.6. The van der Waals surface area contributed by atoms with Crippen LogP contribution in [-0.4, -0.2) is 33.0 Å². The van der Waals surface area contributed by atoms with Crippen molar-refractivity contribution < 1.29 is 8.42 Å². The van der Waals surface area contributed by atoms with Gasteiger partial charge in [-0.2, -0.15) is 0 Å². The minimum absolute atomic E-state index is 0.305. The zero-order chi connectivity index (χ0) is 12.6. The summed E-state index contributed by atoms with van der Waals surface area (Å²) in [7, 11) is -2.81. The van der Waals surface area contributed by atoms with E-state index in [1.807, 2.05) is 6.92 Å². The van der Waals surface area contributed by atoms with E-state index >= 15 is 0 Å². The summed E-state index contributed by atoms with van der Waals surface area (Å²) in [5.41, 5.74) is 0. The topological polar surface area (TPSA) is 46.2 Å². The fraction of sp³-hybridized carbons (Fsp3) is 1.00. The molecule has 3 nitrogen and oxygen atoms in total. The van der Waals surface area contributed by atoms with Gasteiger partial charge in [-0.1, -0.05) is 32.6 Å². The Hall–Kier alpha value is -0.0900. The summed E-state index contributed by atoms with van der Waals surface area (Å²) >= 11 is 0. The van der Waals surface area contributed by atoms with Crippen LogP contribution in [0.15, 0.2) is 0 Å². The molecule has 0 aromatic carbocycles. The van der Waals surface area contributed by atoms with Crippen LogP contribution in [-0.2, 0) is 9.84 Å². The van der Waals surface area contributed by atoms with E-state index < -0.39 is 9.84 Å². The van der Waals surface area contributed by atoms with Crippen LogP contribution in [0.4, 0.5) is 0 Å². The summed E-state index contributed by atoms with van der Waals surface area (Å²) in [4.78, 5) is 0. The van der Waals surface area contributed by atoms with E-state index in [9.17, 15) is 8.42 Å². The number of sulfone groups is 1. The maximum Gasteiger partial charge on any atom is 0.151 e. The normalized spacial score (nSPS) is 18.4. The number of nitrogens with one attached hydrogen (secondary N) is 1. The summed E-state index contributed by atoms with van der Waals surface area (Å²) in [6, 6.07) is 0. The smallest absolute Gasteiger partial charge is 0.151 e. The second kappa shape index (κ2) is 8.09. The number of rotatable bonds is 8. The van der Waals surface area contributed by atoms with Crippen molar-refractivity contribution in [3.8, 4) is 0 Å². The first-order valence-corrected chi connectivity index (χ1v) is 8.87. The van der Waals surface area contributed by atoms with Crippen molar-refractivity contribution in [2.45, 2.75) is 51.9 Å². The van der Waals surface area contributed by atoms with E-state index in [0.717, 1.165) is 25.3 Å². The van der Waals surface area contributed by atoms with Crippen LogP contribution in [0.3, 0.4) is 0 Å². The molecule has 1 N–H and O–H groups in total. The van der Waals surface area contributed by atoms with E-state index in [1.54, 1.807) is 0 Å². The summed E-state index contributed by atoms with van der Waals surface area (Å²) in [5, 5.41) is 3.31. The van der Waals surface area contributed by atoms with Crippen LogP contribution < -0.4 is 5.32 Å². The molecular weight excluding hydrogens is 234 g/mol. The second-order valence-corrected chi connectivity index (χ2v) is 7.52. The third-order valence-corrected chi connectivity index (χ3v) is 5.29. The van der Waals surface area contributed by atoms with Gasteiger partial charge >= 0.3 is 0 Å². The van der Waals surface area contributed by atoms with E-state index in [1.165, 1.54) is 32.1 Å². The first-order valence-electron chi connectivity index (χ1n) is 7.05. The number of unbranched alkanes of at least 4 members (excludes halogenated alkanes) is 1. The van der Waals surface area contributed by atoms with E-state index in [4.69, 9.17) is 0 Å². The largest absolute Gasteiger partial charge is 0.315 e. The fourth-order valence-electron chi connectivity index (χ4n) is 2.39. The molecule has 0 spiro atoms. The van der Waals surface area contributed by atoms with Crippen LogP contribution >= 0.6 is 0 Å². The number of hydrogen-bond acceptors (Lipinski definition) is 3. The molecule has 17 heavy (non-hydrogen) atoms. The molecule has 1 saturated carbocycles. The van der Waals surface area contributed by atoms with Gasteiger partial charge in [0, 0.05) is 6.54 Å². The van der Waals surface area contributed by atoms with Gasteiger partial charge in [-0.3, -0.25) is 0 Å². The van der Waals surface area contributed by atoms with Crippen LogP contribution in [0.2, 0.25) is 0 Å². The van der Waals surface area contributed by atoms with Gasteiger partial charge in [0.25, 0.3) is 0 Å². The molecule has 1 aliphatic carbocycles. The lowest BCUT2D eigenvalue weighted by molar-refractivity contribution is 0.345. The summed E-state index contributed by atoms with van der Waals surface area (Å²) in [6.07, 6.45) is 8.45. The Balaban J connectivity index is 2.06. The molecule has 0 unspecified atom stereocenters. The van der Waals surface area contributed by atoms with Gasteiger partial charge in [0.1, 0.15) is 0 Å². The standard InChI is InChI=1S/C13H27NO2S/c1-2-3-10-17(15,16)11-9-14-12-13-7-5-4-6-8-13/h13-14H,2-12H2,1H3. The highest BCUT2D eigenvalue weighted by Crippen LogP contribution is 2.22. The highest BCUT2D eigenvalue weighted by molar-refractivity contribution is 7.91. The minimum Gasteiger partial charge on any atom is -0.315 e. The Labute approximate surface area is 106 Å². The van der Waals surface area contributed by atoms with E-state index in [0.29, 0.717) is 18.1 Å². The molecule has 0 amide bonds. The van der Waals surface area contributed by atoms with Gasteiger partial charge < -0.3 is 5.32 Å². The van der Waals surface area contributed by atoms with Crippen LogP contribution in [0, 0.1) is 5.92 Å². The SMILES string of the molecule is CCCCS(=O)(=O)CCNCC1CCCCC1. The van der Waals surface area contributed by atoms with Gasteiger partial charge in [-0.15, -0.1) is 0 Å². The third-order valence-electron chi connectivity index (χ3n) is 3.56. The lowest BCUT2D eigenvalue weighted by Gasteiger charge is -2.21. The Morgan fingerprint density at radius 3 is 2.47 bits per heavy atom. The zero-order valence-corrected chi connectivity index (χ0v) is 11.9. The molecule has 0 saturated heterocycles. The molecule has 0 aliphatic heterocycles. The molecule has 0 aromatic rings. The summed E-state index contributed by atoms with van der Waals surface area (Å²) in [5.74, 6) is 1.44. The van der Waals surface area contributed by atoms with Crippen molar-refractivity contribution in [3.63, 3.8) is 0 Å². The van der Waals surface area contributed by atoms with Gasteiger partial charge in [-0.05, 0) is 31.7 Å². The van der Waals surface area contributed by atoms with Crippen molar-refractivity contribution in [1.82, 2.24) is 5.32 Å². The third kappa shape index (κ3) is 7.04. The number of hydrogen-bond donors (Lipinski definition) is 1. The molecule has 1 aliphatic rings. The van der Waals surface area contributed by atoms with Crippen LogP contribution in [0.5, 0.6) is 0 Å². The molecule has 0 aromatic heterocycles. The van der Waals surface area contributed by atoms with Crippen molar-refractivity contribution >= 4 is 9.84 Å². The lowest BCUT2D eigenvalue weighted by atomic mass is 9.89. The predicted octanol–water partition coefficient (Wildman–Crippen LogP) is 2.37. The molecule has 1 rings (SSSR count). The molecule has 0 radical (unpaired) electrons. The van der Waals surface area contributed by atoms with E-state index in [-0.39, 0.29) is 0 Å². The van der Waals surface area contributed by atoms with Gasteiger partial charge in [-0.25, -0.2) is 8.42 Å². The summed E-state index contributed by atoms with van der Waals surface area (Å²) in [6.45, 7) is 3.66. The lowest BCUT2D eigenvalue weighted by Crippen LogP contribution is -2.29. The molecular formula is C13H27NO2S. The van der Waals surface area contributed by atoms with Crippen molar-refractivity contribution in [1.29, 1.82) is 0 Å². The molecule has 102 valence electrons. The Bertz CT molecular complexity index is 282. The molecule has 0 bridgehead atoms. The maximum atomic E-state index is 11.6. The predicted molar refractivity (Wildman–Crippen MR) is 73.0 cm³/mol. The average molecular weight is 261 g/mol. The van der Waals surface area contributed by atoms with Gasteiger partial charge in [0.05, 0.1) is 11.5 Å². The molecule has 0 heterocycles. The highest BCUT2D eigenvalue weighted by Gasteiger charge is 2.13. The van der Waals surface area contributed by atoms with Crippen LogP contribution in [0.1, 0.15) is 51.9 Å². The van der Waals surface area contributed by atoms with Gasteiger partial charge in [0.15, 0.2) is 9.84 Å². The Morgan fingerprint density at radius 1 is 1.12 bits per heavy atom. The van der Waals surface area contributed by atoms with Crippen molar-refractivity contribution in [3.05, 3.63) is 0 Å². The Kier molecular flexibility index (Phi) is 7.12. The van der Waals surface area contributed by atoms with Crippen molar-refractivity contribution in [2.24, 2.45) is 5.92 Å². The van der Waals surface area contributed by atoms with Crippen LogP contribution in [0.25, 0.3) is 0 Å². The quantitative estimate of drug-likeness (QED) is 0.682. The fourth-order valence-corrected chi connectivity index (χ4v) is 3.78. The second-order valence-electron chi connectivity index (χ2n) is 5.21. The monoisotopic (exact) mass is 261 g/mol. The van der Waals surface area contributed by atoms with Crippen molar-refractivity contribution in [2.75, 3.05) is 24.6 Å². The first-order chi connectivity index (χ1) is 8.14. The molecule has 1 fully saturated rings. The van der Waals surface area contributed by atoms with E-state index in [2.05, 4.69) is 5.32 Å². The highest BCUT2D eigenvalue weighted by atomic mass is 32.2. The summed E-state index contributed by atoms with van der Waals surface area (Å²) < 4.78 is 23.2. The first kappa shape index (κ1) is 15.0. The minimum atomic E-state index is -2.81.